The molecule has 1 saturated carbocycles. The van der Waals surface area contributed by atoms with E-state index in [2.05, 4.69) is 20.3 Å². The predicted molar refractivity (Wildman–Crippen MR) is 119 cm³/mol. The van der Waals surface area contributed by atoms with Gasteiger partial charge in [-0.2, -0.15) is 0 Å². The van der Waals surface area contributed by atoms with Gasteiger partial charge in [0.15, 0.2) is 0 Å². The molecule has 0 spiro atoms. The number of benzene rings is 1. The number of nitrogens with one attached hydrogen (secondary N) is 2. The van der Waals surface area contributed by atoms with E-state index in [0.29, 0.717) is 29.2 Å². The standard InChI is InChI=1S/C24H26N4O3/c1-16-21(24(30)28-23(26-16)17-11-13-25-14-12-17)9-10-22(29)27-18-5-4-8-20(15-18)31-19-6-2-3-7-19/h4-5,8,11-15,19H,2-3,6-7,9-10H2,1H3,(H,27,29)(H,26,28,30). The van der Waals surface area contributed by atoms with E-state index in [-0.39, 0.29) is 24.0 Å². The summed E-state index contributed by atoms with van der Waals surface area (Å²) in [6, 6.07) is 11.0. The molecule has 7 heteroatoms. The van der Waals surface area contributed by atoms with Gasteiger partial charge in [-0.1, -0.05) is 6.07 Å². The molecule has 2 aromatic heterocycles. The first kappa shape index (κ1) is 20.8. The number of pyridine rings is 1. The fraction of sp³-hybridized carbons (Fsp3) is 0.333. The number of ether oxygens (including phenoxy) is 1. The molecular formula is C24H26N4O3. The number of hydrogen-bond donors (Lipinski definition) is 2. The molecule has 1 amide bonds. The van der Waals surface area contributed by atoms with Gasteiger partial charge in [-0.25, -0.2) is 4.98 Å². The van der Waals surface area contributed by atoms with E-state index in [9.17, 15) is 9.59 Å². The number of carbonyl (C=O) groups excluding carboxylic acids is 1. The number of anilines is 1. The molecule has 4 rings (SSSR count). The lowest BCUT2D eigenvalue weighted by Crippen LogP contribution is -2.20. The average molecular weight is 418 g/mol. The smallest absolute Gasteiger partial charge is 0.254 e. The van der Waals surface area contributed by atoms with Crippen LogP contribution in [0, 0.1) is 6.92 Å². The van der Waals surface area contributed by atoms with Crippen molar-refractivity contribution in [3.05, 3.63) is 70.4 Å². The molecule has 2 heterocycles. The second-order valence-electron chi connectivity index (χ2n) is 7.81. The number of amides is 1. The third-order valence-corrected chi connectivity index (χ3v) is 5.50. The van der Waals surface area contributed by atoms with Crippen LogP contribution < -0.4 is 15.6 Å². The number of carbonyl (C=O) groups is 1. The maximum Gasteiger partial charge on any atom is 0.254 e. The second-order valence-corrected chi connectivity index (χ2v) is 7.81. The van der Waals surface area contributed by atoms with Crippen LogP contribution in [0.2, 0.25) is 0 Å². The molecule has 0 unspecified atom stereocenters. The number of aryl methyl sites for hydroxylation is 1. The van der Waals surface area contributed by atoms with Gasteiger partial charge in [0.1, 0.15) is 11.6 Å². The summed E-state index contributed by atoms with van der Waals surface area (Å²) in [6.45, 7) is 1.79. The van der Waals surface area contributed by atoms with Crippen LogP contribution in [-0.4, -0.2) is 27.0 Å². The maximum atomic E-state index is 12.6. The van der Waals surface area contributed by atoms with Gasteiger partial charge >= 0.3 is 0 Å². The van der Waals surface area contributed by atoms with Crippen LogP contribution in [0.25, 0.3) is 11.4 Å². The summed E-state index contributed by atoms with van der Waals surface area (Å²) in [7, 11) is 0. The lowest BCUT2D eigenvalue weighted by atomic mass is 10.1. The van der Waals surface area contributed by atoms with Crippen LogP contribution in [0.3, 0.4) is 0 Å². The van der Waals surface area contributed by atoms with Crippen LogP contribution in [0.5, 0.6) is 5.75 Å². The molecule has 2 N–H and O–H groups in total. The maximum absolute atomic E-state index is 12.6. The minimum Gasteiger partial charge on any atom is -0.490 e. The Hall–Kier alpha value is -3.48. The number of nitrogens with zero attached hydrogens (tertiary/aromatic N) is 2. The van der Waals surface area contributed by atoms with Crippen LogP contribution in [0.1, 0.15) is 43.4 Å². The third-order valence-electron chi connectivity index (χ3n) is 5.50. The van der Waals surface area contributed by atoms with Crippen molar-refractivity contribution in [3.8, 4) is 17.1 Å². The van der Waals surface area contributed by atoms with Crippen molar-refractivity contribution in [2.75, 3.05) is 5.32 Å². The van der Waals surface area contributed by atoms with Crippen LogP contribution in [0.15, 0.2) is 53.6 Å². The fourth-order valence-corrected chi connectivity index (χ4v) is 3.86. The van der Waals surface area contributed by atoms with Gasteiger partial charge in [0.2, 0.25) is 5.91 Å². The largest absolute Gasteiger partial charge is 0.490 e. The van der Waals surface area contributed by atoms with Gasteiger partial charge in [0.25, 0.3) is 5.56 Å². The van der Waals surface area contributed by atoms with Gasteiger partial charge in [0, 0.05) is 47.4 Å². The number of aromatic nitrogens is 3. The Morgan fingerprint density at radius 3 is 2.71 bits per heavy atom. The van der Waals surface area contributed by atoms with Crippen molar-refractivity contribution in [1.29, 1.82) is 0 Å². The monoisotopic (exact) mass is 418 g/mol. The third kappa shape index (κ3) is 5.36. The summed E-state index contributed by atoms with van der Waals surface area (Å²) < 4.78 is 6.00. The fourth-order valence-electron chi connectivity index (χ4n) is 3.86. The Balaban J connectivity index is 1.37. The van der Waals surface area contributed by atoms with Crippen LogP contribution >= 0.6 is 0 Å². The van der Waals surface area contributed by atoms with E-state index < -0.39 is 0 Å². The molecule has 0 aliphatic heterocycles. The highest BCUT2D eigenvalue weighted by atomic mass is 16.5. The zero-order valence-electron chi connectivity index (χ0n) is 17.6. The molecule has 1 fully saturated rings. The van der Waals surface area contributed by atoms with Crippen molar-refractivity contribution in [3.63, 3.8) is 0 Å². The Morgan fingerprint density at radius 1 is 1.19 bits per heavy atom. The molecule has 3 aromatic rings. The van der Waals surface area contributed by atoms with Crippen molar-refractivity contribution in [1.82, 2.24) is 15.0 Å². The molecule has 0 atom stereocenters. The van der Waals surface area contributed by atoms with Gasteiger partial charge in [0.05, 0.1) is 6.10 Å². The molecule has 1 aliphatic rings. The van der Waals surface area contributed by atoms with Gasteiger partial charge < -0.3 is 15.0 Å². The molecule has 7 nitrogen and oxygen atoms in total. The van der Waals surface area contributed by atoms with E-state index in [1.165, 1.54) is 12.8 Å². The summed E-state index contributed by atoms with van der Waals surface area (Å²) in [5.41, 5.74) is 2.40. The minimum atomic E-state index is -0.223. The zero-order valence-corrected chi connectivity index (χ0v) is 17.6. The number of aromatic amines is 1. The van der Waals surface area contributed by atoms with Gasteiger partial charge in [-0.05, 0) is 63.3 Å². The number of hydrogen-bond acceptors (Lipinski definition) is 5. The summed E-state index contributed by atoms with van der Waals surface area (Å²) in [5, 5.41) is 2.90. The highest BCUT2D eigenvalue weighted by Gasteiger charge is 2.17. The van der Waals surface area contributed by atoms with E-state index in [1.807, 2.05) is 24.3 Å². The molecule has 1 aromatic carbocycles. The normalized spacial score (nSPS) is 13.8. The first-order chi connectivity index (χ1) is 15.1. The summed E-state index contributed by atoms with van der Waals surface area (Å²) in [4.78, 5) is 36.3. The van der Waals surface area contributed by atoms with Crippen LogP contribution in [-0.2, 0) is 11.2 Å². The topological polar surface area (TPSA) is 97.0 Å². The summed E-state index contributed by atoms with van der Waals surface area (Å²) in [6.07, 6.45) is 8.65. The molecular weight excluding hydrogens is 392 g/mol. The average Bonchev–Trinajstić information content (AvgIpc) is 3.27. The van der Waals surface area contributed by atoms with E-state index in [0.717, 1.165) is 24.2 Å². The molecule has 0 radical (unpaired) electrons. The first-order valence-corrected chi connectivity index (χ1v) is 10.7. The summed E-state index contributed by atoms with van der Waals surface area (Å²) >= 11 is 0. The molecule has 31 heavy (non-hydrogen) atoms. The van der Waals surface area contributed by atoms with E-state index in [1.54, 1.807) is 31.5 Å². The highest BCUT2D eigenvalue weighted by molar-refractivity contribution is 5.91. The Bertz CT molecular complexity index is 1110. The molecule has 0 bridgehead atoms. The Labute approximate surface area is 180 Å². The highest BCUT2D eigenvalue weighted by Crippen LogP contribution is 2.26. The Morgan fingerprint density at radius 2 is 1.97 bits per heavy atom. The zero-order chi connectivity index (χ0) is 21.6. The van der Waals surface area contributed by atoms with Crippen LogP contribution in [0.4, 0.5) is 5.69 Å². The number of H-pyrrole nitrogens is 1. The predicted octanol–water partition coefficient (Wildman–Crippen LogP) is 4.03. The first-order valence-electron chi connectivity index (χ1n) is 10.7. The minimum absolute atomic E-state index is 0.157. The molecule has 0 saturated heterocycles. The SMILES string of the molecule is Cc1nc(-c2ccncc2)[nH]c(=O)c1CCC(=O)Nc1cccc(OC2CCCC2)c1. The van der Waals surface area contributed by atoms with Crippen molar-refractivity contribution in [2.24, 2.45) is 0 Å². The van der Waals surface area contributed by atoms with Crippen molar-refractivity contribution >= 4 is 11.6 Å². The van der Waals surface area contributed by atoms with Gasteiger partial charge in [-0.15, -0.1) is 0 Å². The van der Waals surface area contributed by atoms with E-state index in [4.69, 9.17) is 4.74 Å². The second kappa shape index (κ2) is 9.55. The van der Waals surface area contributed by atoms with Crippen molar-refractivity contribution < 1.29 is 9.53 Å². The van der Waals surface area contributed by atoms with Crippen molar-refractivity contribution in [2.45, 2.75) is 51.6 Å². The molecule has 1 aliphatic carbocycles. The summed E-state index contributed by atoms with van der Waals surface area (Å²) in [5.74, 6) is 1.11. The van der Waals surface area contributed by atoms with Gasteiger partial charge in [-0.3, -0.25) is 14.6 Å². The Kier molecular flexibility index (Phi) is 6.40. The molecule has 160 valence electrons. The lowest BCUT2D eigenvalue weighted by Gasteiger charge is -2.14. The van der Waals surface area contributed by atoms with E-state index >= 15 is 0 Å². The lowest BCUT2D eigenvalue weighted by molar-refractivity contribution is -0.116. The number of rotatable bonds is 7. The quantitative estimate of drug-likeness (QED) is 0.604.